The van der Waals surface area contributed by atoms with Crippen LogP contribution in [0.5, 0.6) is 0 Å². The topological polar surface area (TPSA) is 34.5 Å². The predicted molar refractivity (Wildman–Crippen MR) is 81.3 cm³/mol. The molecule has 0 radical (unpaired) electrons. The summed E-state index contributed by atoms with van der Waals surface area (Å²) in [5.41, 5.74) is 1.55. The van der Waals surface area contributed by atoms with Crippen molar-refractivity contribution in [3.8, 4) is 0 Å². The van der Waals surface area contributed by atoms with Gasteiger partial charge in [-0.1, -0.05) is 35.9 Å². The van der Waals surface area contributed by atoms with Crippen molar-refractivity contribution in [3.05, 3.63) is 65.0 Å². The maximum absolute atomic E-state index is 10.6. The Morgan fingerprint density at radius 3 is 2.55 bits per heavy atom. The van der Waals surface area contributed by atoms with E-state index in [-0.39, 0.29) is 5.43 Å². The standard InChI is InChI=1S/C17H9ClO2/c18-11-7-5-10-6-8-15-16(13(10)9-11)17(19)12-3-1-2-4-14(12)20-15/h1-9H/p+1. The molecule has 4 rings (SSSR count). The largest absolute Gasteiger partial charge is 0.455 e. The monoisotopic (exact) mass is 281 g/mol. The molecule has 0 unspecified atom stereocenters. The van der Waals surface area contributed by atoms with E-state index < -0.39 is 0 Å². The van der Waals surface area contributed by atoms with Gasteiger partial charge in [-0.3, -0.25) is 4.79 Å². The number of fused-ring (bicyclic) bond motifs is 4. The summed E-state index contributed by atoms with van der Waals surface area (Å²) in [5, 5.41) is 3.94. The van der Waals surface area contributed by atoms with Gasteiger partial charge in [0.2, 0.25) is 0 Å². The van der Waals surface area contributed by atoms with Crippen LogP contribution in [0, 0.1) is 0 Å². The average Bonchev–Trinajstić information content (AvgIpc) is 2.47. The molecule has 0 aliphatic heterocycles. The van der Waals surface area contributed by atoms with E-state index in [1.165, 1.54) is 0 Å². The molecule has 0 saturated carbocycles. The molecule has 2 nitrogen and oxygen atoms in total. The van der Waals surface area contributed by atoms with Gasteiger partial charge in [0.15, 0.2) is 0 Å². The number of hydrogen-bond donors (Lipinski definition) is 0. The Labute approximate surface area is 119 Å². The molecular formula is C17H10ClO2+. The Morgan fingerprint density at radius 1 is 0.850 bits per heavy atom. The third-order valence-corrected chi connectivity index (χ3v) is 3.78. The lowest BCUT2D eigenvalue weighted by Gasteiger charge is -2.03. The van der Waals surface area contributed by atoms with Gasteiger partial charge in [0.25, 0.3) is 0 Å². The quantitative estimate of drug-likeness (QED) is 0.267. The minimum atomic E-state index is 0.231. The lowest BCUT2D eigenvalue weighted by Crippen LogP contribution is -2.04. The maximum atomic E-state index is 10.6. The molecule has 1 N–H and O–H groups in total. The fraction of sp³-hybridized carbons (Fsp3) is 0. The summed E-state index contributed by atoms with van der Waals surface area (Å²) >= 11 is 6.08. The molecule has 0 aliphatic carbocycles. The van der Waals surface area contributed by atoms with E-state index in [1.54, 1.807) is 0 Å². The van der Waals surface area contributed by atoms with E-state index in [0.29, 0.717) is 27.0 Å². The van der Waals surface area contributed by atoms with E-state index in [1.807, 2.05) is 54.6 Å². The highest BCUT2D eigenvalue weighted by Gasteiger charge is 2.14. The van der Waals surface area contributed by atoms with Crippen LogP contribution >= 0.6 is 11.6 Å². The Morgan fingerprint density at radius 2 is 1.65 bits per heavy atom. The molecule has 1 heterocycles. The molecule has 0 amide bonds. The summed E-state index contributed by atoms with van der Waals surface area (Å²) in [5.74, 6) is 0. The molecule has 0 saturated heterocycles. The zero-order chi connectivity index (χ0) is 13.7. The van der Waals surface area contributed by atoms with Gasteiger partial charge in [-0.25, -0.2) is 0 Å². The third-order valence-electron chi connectivity index (χ3n) is 3.54. The van der Waals surface area contributed by atoms with Crippen LogP contribution in [0.1, 0.15) is 0 Å². The van der Waals surface area contributed by atoms with Gasteiger partial charge in [-0.2, -0.15) is 0 Å². The Balaban J connectivity index is 2.35. The normalized spacial score (nSPS) is 11.4. The van der Waals surface area contributed by atoms with Gasteiger partial charge in [-0.05, 0) is 35.7 Å². The predicted octanol–water partition coefficient (Wildman–Crippen LogP) is 4.40. The summed E-state index contributed by atoms with van der Waals surface area (Å²) < 4.78 is 5.87. The van der Waals surface area contributed by atoms with Crippen molar-refractivity contribution in [2.45, 2.75) is 0 Å². The molecule has 0 bridgehead atoms. The number of hydrogen-bond acceptors (Lipinski definition) is 1. The second kappa shape index (κ2) is 4.09. The zero-order valence-corrected chi connectivity index (χ0v) is 11.2. The zero-order valence-electron chi connectivity index (χ0n) is 10.4. The van der Waals surface area contributed by atoms with E-state index in [0.717, 1.165) is 10.8 Å². The summed E-state index contributed by atoms with van der Waals surface area (Å²) in [4.78, 5) is 10.6. The molecule has 96 valence electrons. The molecule has 0 atom stereocenters. The smallest absolute Gasteiger partial charge is 0.362 e. The van der Waals surface area contributed by atoms with Crippen molar-refractivity contribution < 1.29 is 9.21 Å². The van der Waals surface area contributed by atoms with Crippen LogP contribution in [0.25, 0.3) is 32.7 Å². The molecular weight excluding hydrogens is 272 g/mol. The Kier molecular flexibility index (Phi) is 2.35. The van der Waals surface area contributed by atoms with Gasteiger partial charge in [0.1, 0.15) is 21.9 Å². The molecule has 3 aromatic carbocycles. The SMILES string of the molecule is [OH+]=c1c2ccccc2oc2ccc3ccc(Cl)cc3c12. The van der Waals surface area contributed by atoms with E-state index in [2.05, 4.69) is 0 Å². The van der Waals surface area contributed by atoms with Gasteiger partial charge in [-0.15, -0.1) is 0 Å². The molecule has 4 aromatic rings. The van der Waals surface area contributed by atoms with Gasteiger partial charge < -0.3 is 4.42 Å². The van der Waals surface area contributed by atoms with Crippen molar-refractivity contribution >= 4 is 44.3 Å². The first-order valence-electron chi connectivity index (χ1n) is 6.30. The van der Waals surface area contributed by atoms with E-state index >= 15 is 0 Å². The van der Waals surface area contributed by atoms with Crippen LogP contribution in [0.2, 0.25) is 5.02 Å². The van der Waals surface area contributed by atoms with Gasteiger partial charge in [0.05, 0.1) is 0 Å². The number of halogens is 1. The van der Waals surface area contributed by atoms with Crippen LogP contribution in [0.4, 0.5) is 0 Å². The second-order valence-electron chi connectivity index (χ2n) is 4.75. The molecule has 0 aliphatic rings. The first-order chi connectivity index (χ1) is 9.74. The fourth-order valence-corrected chi connectivity index (χ4v) is 2.78. The molecule has 3 heteroatoms. The lowest BCUT2D eigenvalue weighted by molar-refractivity contribution is 0.582. The van der Waals surface area contributed by atoms with Crippen LogP contribution in [0.3, 0.4) is 0 Å². The molecule has 20 heavy (non-hydrogen) atoms. The first-order valence-corrected chi connectivity index (χ1v) is 6.67. The van der Waals surface area contributed by atoms with Crippen LogP contribution in [-0.2, 0) is 0 Å². The van der Waals surface area contributed by atoms with Crippen molar-refractivity contribution in [3.63, 3.8) is 0 Å². The molecule has 0 fully saturated rings. The highest BCUT2D eigenvalue weighted by Crippen LogP contribution is 2.27. The summed E-state index contributed by atoms with van der Waals surface area (Å²) in [7, 11) is 0. The van der Waals surface area contributed by atoms with Gasteiger partial charge >= 0.3 is 5.43 Å². The lowest BCUT2D eigenvalue weighted by atomic mass is 10.0. The van der Waals surface area contributed by atoms with Crippen molar-refractivity contribution in [2.24, 2.45) is 0 Å². The van der Waals surface area contributed by atoms with Crippen molar-refractivity contribution in [1.82, 2.24) is 0 Å². The van der Waals surface area contributed by atoms with Crippen molar-refractivity contribution in [1.29, 1.82) is 0 Å². The van der Waals surface area contributed by atoms with E-state index in [4.69, 9.17) is 16.0 Å². The Bertz CT molecular complexity index is 1030. The van der Waals surface area contributed by atoms with Crippen LogP contribution < -0.4 is 5.43 Å². The number of rotatable bonds is 0. The van der Waals surface area contributed by atoms with Gasteiger partial charge in [0, 0.05) is 10.4 Å². The highest BCUT2D eigenvalue weighted by atomic mass is 35.5. The van der Waals surface area contributed by atoms with Crippen molar-refractivity contribution in [2.75, 3.05) is 0 Å². The molecule has 0 spiro atoms. The number of benzene rings is 3. The molecule has 1 aromatic heterocycles. The van der Waals surface area contributed by atoms with Crippen LogP contribution in [0.15, 0.2) is 59.0 Å². The minimum absolute atomic E-state index is 0.231. The van der Waals surface area contributed by atoms with Crippen LogP contribution in [-0.4, -0.2) is 4.79 Å². The number of para-hydroxylation sites is 1. The second-order valence-corrected chi connectivity index (χ2v) is 5.19. The summed E-state index contributed by atoms with van der Waals surface area (Å²) in [6, 6.07) is 16.9. The summed E-state index contributed by atoms with van der Waals surface area (Å²) in [6.45, 7) is 0. The minimum Gasteiger partial charge on any atom is -0.455 e. The van der Waals surface area contributed by atoms with E-state index in [9.17, 15) is 4.79 Å². The Hall–Kier alpha value is -2.32. The summed E-state index contributed by atoms with van der Waals surface area (Å²) in [6.07, 6.45) is 0. The third kappa shape index (κ3) is 1.55. The first kappa shape index (κ1) is 11.5. The average molecular weight is 282 g/mol. The highest BCUT2D eigenvalue weighted by molar-refractivity contribution is 6.31. The maximum Gasteiger partial charge on any atom is 0.362 e. The fourth-order valence-electron chi connectivity index (χ4n) is 2.61.